The first kappa shape index (κ1) is 18.8. The van der Waals surface area contributed by atoms with Crippen molar-refractivity contribution in [3.05, 3.63) is 10.9 Å². The Bertz CT molecular complexity index is 754. The molecule has 2 heterocycles. The van der Waals surface area contributed by atoms with Crippen LogP contribution in [0.2, 0.25) is 0 Å². The van der Waals surface area contributed by atoms with Crippen molar-refractivity contribution >= 4 is 31.2 Å². The van der Waals surface area contributed by atoms with Gasteiger partial charge in [0.1, 0.15) is 11.0 Å². The number of fused-ring (bicyclic) bond motifs is 1. The summed E-state index contributed by atoms with van der Waals surface area (Å²) >= 11 is 0.826. The number of methoxy groups -OCH3 is 1. The summed E-state index contributed by atoms with van der Waals surface area (Å²) in [5, 5.41) is 4.42. The third-order valence-electron chi connectivity index (χ3n) is 3.44. The third-order valence-corrected chi connectivity index (χ3v) is 8.42. The Balaban J connectivity index is 2.25. The van der Waals surface area contributed by atoms with E-state index in [9.17, 15) is 16.8 Å². The molecule has 2 rings (SSSR count). The number of nitrogens with two attached hydrogens (primary N) is 1. The van der Waals surface area contributed by atoms with Crippen LogP contribution in [0.5, 0.6) is 0 Å². The average molecular weight is 385 g/mol. The van der Waals surface area contributed by atoms with Crippen molar-refractivity contribution in [3.8, 4) is 0 Å². The monoisotopic (exact) mass is 385 g/mol. The molecule has 2 atom stereocenters. The first-order valence-corrected chi connectivity index (χ1v) is 10.7. The van der Waals surface area contributed by atoms with Crippen LogP contribution in [0.15, 0.2) is 15.2 Å². The average Bonchev–Trinajstić information content (AvgIpc) is 2.90. The van der Waals surface area contributed by atoms with Crippen LogP contribution < -0.4 is 5.14 Å². The second-order valence-electron chi connectivity index (χ2n) is 5.10. The highest BCUT2D eigenvalue weighted by molar-refractivity contribution is 7.93. The Morgan fingerprint density at radius 3 is 2.70 bits per heavy atom. The number of thiophene rings is 1. The van der Waals surface area contributed by atoms with E-state index < -0.39 is 31.2 Å². The summed E-state index contributed by atoms with van der Waals surface area (Å²) < 4.78 is 63.2. The number of hydrogen-bond donors (Lipinski definition) is 1. The maximum absolute atomic E-state index is 12.4. The second kappa shape index (κ2) is 7.13. The van der Waals surface area contributed by atoms with Crippen LogP contribution in [0.3, 0.4) is 0 Å². The molecule has 0 saturated heterocycles. The van der Waals surface area contributed by atoms with Crippen LogP contribution in [0, 0.1) is 0 Å². The zero-order valence-electron chi connectivity index (χ0n) is 12.7. The molecule has 1 aliphatic rings. The summed E-state index contributed by atoms with van der Waals surface area (Å²) in [5.41, 5.74) is 0. The summed E-state index contributed by atoms with van der Waals surface area (Å²) in [6.45, 7) is 2.28. The van der Waals surface area contributed by atoms with Crippen LogP contribution in [0.25, 0.3) is 0 Å². The van der Waals surface area contributed by atoms with Crippen molar-refractivity contribution in [2.45, 2.75) is 33.8 Å². The number of sulfonamides is 1. The third kappa shape index (κ3) is 4.10. The fourth-order valence-corrected chi connectivity index (χ4v) is 6.22. The number of rotatable bonds is 7. The zero-order chi connectivity index (χ0) is 17.3. The number of hydrogen-bond acceptors (Lipinski definition) is 8. The van der Waals surface area contributed by atoms with Crippen molar-refractivity contribution in [2.24, 2.45) is 5.14 Å². The normalized spacial score (nSPS) is 23.6. The molecule has 132 valence electrons. The number of primary sulfonamides is 1. The molecule has 8 nitrogen and oxygen atoms in total. The maximum atomic E-state index is 12.4. The molecule has 23 heavy (non-hydrogen) atoms. The summed E-state index contributed by atoms with van der Waals surface area (Å²) in [7, 11) is -6.01. The minimum Gasteiger partial charge on any atom is -0.382 e. The summed E-state index contributed by atoms with van der Waals surface area (Å²) in [6, 6.07) is 1.11. The smallest absolute Gasteiger partial charge is 0.247 e. The highest BCUT2D eigenvalue weighted by Gasteiger charge is 2.39. The lowest BCUT2D eigenvalue weighted by Gasteiger charge is -2.26. The summed E-state index contributed by atoms with van der Waals surface area (Å²) in [6.07, 6.45) is -0.320. The second-order valence-corrected chi connectivity index (χ2v) is 10.3. The lowest BCUT2D eigenvalue weighted by Crippen LogP contribution is -2.28. The molecule has 0 saturated carbocycles. The van der Waals surface area contributed by atoms with Crippen molar-refractivity contribution < 1.29 is 31.0 Å². The molecule has 0 radical (unpaired) electrons. The van der Waals surface area contributed by atoms with Gasteiger partial charge in [0.05, 0.1) is 34.3 Å². The van der Waals surface area contributed by atoms with Gasteiger partial charge in [0.25, 0.3) is 0 Å². The van der Waals surface area contributed by atoms with Crippen LogP contribution >= 0.6 is 11.3 Å². The molecule has 0 fully saturated rings. The quantitative estimate of drug-likeness (QED) is 0.540. The van der Waals surface area contributed by atoms with Gasteiger partial charge in [-0.25, -0.2) is 22.0 Å². The highest BCUT2D eigenvalue weighted by atomic mass is 32.2. The standard InChI is InChI=1S/C12H19NO7S3/c1-8-5-9(20-7-19-4-3-18-2)12-10(22(8,14)15)6-11(21-12)23(13,16)17/h6,8-9H,3-5,7H2,1-2H3,(H2,13,16,17). The lowest BCUT2D eigenvalue weighted by molar-refractivity contribution is -0.101. The van der Waals surface area contributed by atoms with E-state index in [0.717, 1.165) is 17.4 Å². The predicted octanol–water partition coefficient (Wildman–Crippen LogP) is 0.640. The predicted molar refractivity (Wildman–Crippen MR) is 83.5 cm³/mol. The Kier molecular flexibility index (Phi) is 5.82. The van der Waals surface area contributed by atoms with Gasteiger partial charge in [-0.1, -0.05) is 0 Å². The van der Waals surface area contributed by atoms with E-state index >= 15 is 0 Å². The van der Waals surface area contributed by atoms with E-state index in [-0.39, 0.29) is 22.3 Å². The van der Waals surface area contributed by atoms with Gasteiger partial charge in [-0.3, -0.25) is 0 Å². The molecule has 0 aromatic carbocycles. The van der Waals surface area contributed by atoms with Crippen LogP contribution in [-0.2, 0) is 34.1 Å². The number of sulfone groups is 1. The van der Waals surface area contributed by atoms with Crippen LogP contribution in [0.4, 0.5) is 0 Å². The van der Waals surface area contributed by atoms with E-state index in [4.69, 9.17) is 19.3 Å². The lowest BCUT2D eigenvalue weighted by atomic mass is 10.1. The topological polar surface area (TPSA) is 122 Å². The molecule has 2 unspecified atom stereocenters. The van der Waals surface area contributed by atoms with E-state index in [2.05, 4.69) is 0 Å². The fourth-order valence-electron chi connectivity index (χ4n) is 2.18. The van der Waals surface area contributed by atoms with E-state index in [1.807, 2.05) is 0 Å². The molecular weight excluding hydrogens is 366 g/mol. The van der Waals surface area contributed by atoms with Crippen molar-refractivity contribution in [3.63, 3.8) is 0 Å². The molecule has 1 aromatic heterocycles. The Labute approximate surface area is 139 Å². The minimum atomic E-state index is -3.97. The molecular formula is C12H19NO7S3. The molecule has 0 bridgehead atoms. The van der Waals surface area contributed by atoms with Gasteiger partial charge < -0.3 is 14.2 Å². The van der Waals surface area contributed by atoms with Gasteiger partial charge in [0, 0.05) is 7.11 Å². The Hall–Kier alpha value is -0.560. The first-order chi connectivity index (χ1) is 10.7. The Morgan fingerprint density at radius 1 is 1.39 bits per heavy atom. The van der Waals surface area contributed by atoms with Gasteiger partial charge in [-0.05, 0) is 19.4 Å². The zero-order valence-corrected chi connectivity index (χ0v) is 15.2. The summed E-state index contributed by atoms with van der Waals surface area (Å²) in [5.74, 6) is 0. The van der Waals surface area contributed by atoms with Crippen molar-refractivity contribution in [1.29, 1.82) is 0 Å². The molecule has 0 aliphatic carbocycles. The van der Waals surface area contributed by atoms with Gasteiger partial charge in [-0.15, -0.1) is 11.3 Å². The van der Waals surface area contributed by atoms with Crippen LogP contribution in [0.1, 0.15) is 24.3 Å². The number of ether oxygens (including phenoxy) is 3. The SMILES string of the molecule is COCCOCOC1CC(C)S(=O)(=O)c2cc(S(N)(=O)=O)sc21. The van der Waals surface area contributed by atoms with Gasteiger partial charge in [0.2, 0.25) is 10.0 Å². The van der Waals surface area contributed by atoms with Crippen molar-refractivity contribution in [2.75, 3.05) is 27.1 Å². The molecule has 11 heteroatoms. The maximum Gasteiger partial charge on any atom is 0.247 e. The molecule has 1 aromatic rings. The first-order valence-electron chi connectivity index (χ1n) is 6.76. The Morgan fingerprint density at radius 2 is 2.09 bits per heavy atom. The molecule has 0 amide bonds. The highest BCUT2D eigenvalue weighted by Crippen LogP contribution is 2.44. The molecule has 0 spiro atoms. The van der Waals surface area contributed by atoms with E-state index in [1.165, 1.54) is 0 Å². The fraction of sp³-hybridized carbons (Fsp3) is 0.667. The largest absolute Gasteiger partial charge is 0.382 e. The molecule has 1 aliphatic heterocycles. The van der Waals surface area contributed by atoms with Crippen LogP contribution in [-0.4, -0.2) is 49.2 Å². The van der Waals surface area contributed by atoms with Gasteiger partial charge in [0.15, 0.2) is 9.84 Å². The van der Waals surface area contributed by atoms with Gasteiger partial charge >= 0.3 is 0 Å². The summed E-state index contributed by atoms with van der Waals surface area (Å²) in [4.78, 5) is 0.328. The minimum absolute atomic E-state index is 0.0211. The van der Waals surface area contributed by atoms with Gasteiger partial charge in [-0.2, -0.15) is 0 Å². The van der Waals surface area contributed by atoms with E-state index in [0.29, 0.717) is 18.1 Å². The van der Waals surface area contributed by atoms with E-state index in [1.54, 1.807) is 14.0 Å². The van der Waals surface area contributed by atoms with Crippen molar-refractivity contribution in [1.82, 2.24) is 0 Å². The molecule has 2 N–H and O–H groups in total.